The second kappa shape index (κ2) is 8.77. The van der Waals surface area contributed by atoms with Crippen molar-refractivity contribution < 1.29 is 8.42 Å². The number of nitrogens with two attached hydrogens (primary N) is 1. The molecule has 8 nitrogen and oxygen atoms in total. The van der Waals surface area contributed by atoms with Crippen LogP contribution in [0, 0.1) is 0 Å². The minimum atomic E-state index is -3.66. The molecular weight excluding hydrogens is 376 g/mol. The van der Waals surface area contributed by atoms with E-state index in [4.69, 9.17) is 5.14 Å². The van der Waals surface area contributed by atoms with Crippen LogP contribution in [0.25, 0.3) is 0 Å². The van der Waals surface area contributed by atoms with Gasteiger partial charge < -0.3 is 10.2 Å². The second-order valence-electron chi connectivity index (χ2n) is 6.35. The number of anilines is 2. The molecule has 3 N–H and O–H groups in total. The highest BCUT2D eigenvalue weighted by Crippen LogP contribution is 2.12. The molecule has 0 aliphatic carbocycles. The highest BCUT2D eigenvalue weighted by atomic mass is 32.2. The van der Waals surface area contributed by atoms with Gasteiger partial charge >= 0.3 is 0 Å². The van der Waals surface area contributed by atoms with E-state index in [9.17, 15) is 8.42 Å². The lowest BCUT2D eigenvalue weighted by Crippen LogP contribution is -2.20. The molecule has 0 radical (unpaired) electrons. The Morgan fingerprint density at radius 1 is 1.04 bits per heavy atom. The summed E-state index contributed by atoms with van der Waals surface area (Å²) in [5.74, 6) is 1.16. The van der Waals surface area contributed by atoms with Gasteiger partial charge in [-0.2, -0.15) is 10.1 Å². The molecule has 9 heteroatoms. The molecule has 0 atom stereocenters. The maximum Gasteiger partial charge on any atom is 0.247 e. The molecule has 2 aromatic carbocycles. The Morgan fingerprint density at radius 3 is 2.43 bits per heavy atom. The van der Waals surface area contributed by atoms with Gasteiger partial charge in [-0.05, 0) is 29.7 Å². The molecule has 0 spiro atoms. The molecule has 1 heterocycles. The number of hydrogen-bond acceptors (Lipinski definition) is 7. The minimum Gasteiger partial charge on any atom is -0.368 e. The summed E-state index contributed by atoms with van der Waals surface area (Å²) in [6, 6.07) is 16.6. The molecule has 0 amide bonds. The van der Waals surface area contributed by atoms with E-state index in [-0.39, 0.29) is 4.90 Å². The first kappa shape index (κ1) is 19.7. The Kier molecular flexibility index (Phi) is 6.17. The average Bonchev–Trinajstić information content (AvgIpc) is 2.69. The first-order valence-electron chi connectivity index (χ1n) is 8.72. The predicted molar refractivity (Wildman–Crippen MR) is 108 cm³/mol. The fraction of sp³-hybridized carbons (Fsp3) is 0.211. The molecule has 28 heavy (non-hydrogen) atoms. The molecule has 0 aliphatic rings. The van der Waals surface area contributed by atoms with Gasteiger partial charge in [0.2, 0.25) is 16.0 Å². The van der Waals surface area contributed by atoms with Crippen LogP contribution < -0.4 is 15.4 Å². The van der Waals surface area contributed by atoms with E-state index >= 15 is 0 Å². The van der Waals surface area contributed by atoms with Gasteiger partial charge in [0.25, 0.3) is 0 Å². The van der Waals surface area contributed by atoms with E-state index in [2.05, 4.69) is 20.5 Å². The Labute approximate surface area is 164 Å². The van der Waals surface area contributed by atoms with Gasteiger partial charge in [-0.3, -0.25) is 0 Å². The van der Waals surface area contributed by atoms with Gasteiger partial charge in [0.05, 0.1) is 11.1 Å². The number of rotatable bonds is 8. The second-order valence-corrected chi connectivity index (χ2v) is 7.91. The Balaban J connectivity index is 1.56. The lowest BCUT2D eigenvalue weighted by molar-refractivity contribution is 0.598. The van der Waals surface area contributed by atoms with Crippen molar-refractivity contribution in [1.82, 2.24) is 15.2 Å². The lowest BCUT2D eigenvalue weighted by atomic mass is 10.1. The number of sulfonamides is 1. The van der Waals surface area contributed by atoms with Crippen LogP contribution >= 0.6 is 0 Å². The Hall–Kier alpha value is -3.04. The van der Waals surface area contributed by atoms with Crippen molar-refractivity contribution in [3.05, 3.63) is 71.9 Å². The molecule has 0 fully saturated rings. The van der Waals surface area contributed by atoms with Crippen LogP contribution in [0.4, 0.5) is 11.8 Å². The van der Waals surface area contributed by atoms with Crippen molar-refractivity contribution in [2.45, 2.75) is 17.9 Å². The highest BCUT2D eigenvalue weighted by Gasteiger charge is 2.08. The predicted octanol–water partition coefficient (Wildman–Crippen LogP) is 1.81. The van der Waals surface area contributed by atoms with Crippen molar-refractivity contribution in [3.63, 3.8) is 0 Å². The van der Waals surface area contributed by atoms with E-state index in [0.717, 1.165) is 11.1 Å². The van der Waals surface area contributed by atoms with Crippen molar-refractivity contribution in [2.24, 2.45) is 5.14 Å². The van der Waals surface area contributed by atoms with Crippen LogP contribution in [-0.2, 0) is 23.0 Å². The van der Waals surface area contributed by atoms with E-state index in [1.807, 2.05) is 42.3 Å². The molecule has 1 aromatic heterocycles. The quantitative estimate of drug-likeness (QED) is 0.595. The fourth-order valence-corrected chi connectivity index (χ4v) is 3.17. The van der Waals surface area contributed by atoms with Gasteiger partial charge in [0.1, 0.15) is 0 Å². The maximum absolute atomic E-state index is 11.3. The third kappa shape index (κ3) is 5.48. The molecule has 3 aromatic rings. The van der Waals surface area contributed by atoms with Crippen molar-refractivity contribution in [1.29, 1.82) is 0 Å². The van der Waals surface area contributed by atoms with Crippen LogP contribution in [0.3, 0.4) is 0 Å². The lowest BCUT2D eigenvalue weighted by Gasteiger charge is -2.17. The smallest absolute Gasteiger partial charge is 0.247 e. The van der Waals surface area contributed by atoms with Crippen LogP contribution in [0.5, 0.6) is 0 Å². The van der Waals surface area contributed by atoms with E-state index in [1.165, 1.54) is 12.1 Å². The van der Waals surface area contributed by atoms with Crippen molar-refractivity contribution in [3.8, 4) is 0 Å². The molecule has 3 rings (SSSR count). The topological polar surface area (TPSA) is 114 Å². The van der Waals surface area contributed by atoms with Crippen molar-refractivity contribution >= 4 is 21.8 Å². The number of primary sulfonamides is 1. The van der Waals surface area contributed by atoms with Crippen LogP contribution in [0.15, 0.2) is 65.7 Å². The van der Waals surface area contributed by atoms with Crippen LogP contribution in [0.1, 0.15) is 11.1 Å². The van der Waals surface area contributed by atoms with Gasteiger partial charge in [0.15, 0.2) is 5.82 Å². The zero-order chi connectivity index (χ0) is 20.0. The minimum absolute atomic E-state index is 0.107. The Morgan fingerprint density at radius 2 is 1.75 bits per heavy atom. The van der Waals surface area contributed by atoms with Crippen LogP contribution in [0.2, 0.25) is 0 Å². The zero-order valence-corrected chi connectivity index (χ0v) is 16.3. The molecule has 0 saturated heterocycles. The summed E-state index contributed by atoms with van der Waals surface area (Å²) in [6.45, 7) is 1.30. The summed E-state index contributed by atoms with van der Waals surface area (Å²) in [7, 11) is -1.75. The molecular formula is C19H22N6O2S. The summed E-state index contributed by atoms with van der Waals surface area (Å²) < 4.78 is 22.6. The van der Waals surface area contributed by atoms with E-state index < -0.39 is 10.0 Å². The zero-order valence-electron chi connectivity index (χ0n) is 15.5. The van der Waals surface area contributed by atoms with Gasteiger partial charge in [-0.15, -0.1) is 5.10 Å². The van der Waals surface area contributed by atoms with Crippen molar-refractivity contribution in [2.75, 3.05) is 23.8 Å². The van der Waals surface area contributed by atoms with E-state index in [0.29, 0.717) is 31.3 Å². The van der Waals surface area contributed by atoms with E-state index in [1.54, 1.807) is 18.3 Å². The summed E-state index contributed by atoms with van der Waals surface area (Å²) in [5.41, 5.74) is 2.15. The number of benzene rings is 2. The number of nitrogens with one attached hydrogen (secondary N) is 1. The average molecular weight is 398 g/mol. The monoisotopic (exact) mass is 398 g/mol. The standard InChI is InChI=1S/C19H22N6O2S/c1-25(14-16-5-3-2-4-6-16)19-23-18(13-22-24-19)21-12-11-15-7-9-17(10-8-15)28(20,26)27/h2-10,13H,11-12,14H2,1H3,(H2,20,26,27)(H,21,23,24). The first-order valence-corrected chi connectivity index (χ1v) is 10.3. The van der Waals surface area contributed by atoms with Gasteiger partial charge in [-0.25, -0.2) is 13.6 Å². The SMILES string of the molecule is CN(Cc1ccccc1)c1nncc(NCCc2ccc(S(N)(=O)=O)cc2)n1. The normalized spacial score (nSPS) is 11.2. The molecule has 0 unspecified atom stereocenters. The Bertz CT molecular complexity index is 1010. The number of hydrogen-bond donors (Lipinski definition) is 2. The third-order valence-corrected chi connectivity index (χ3v) is 5.05. The highest BCUT2D eigenvalue weighted by molar-refractivity contribution is 7.89. The molecule has 0 saturated carbocycles. The fourth-order valence-electron chi connectivity index (χ4n) is 2.65. The molecule has 0 bridgehead atoms. The number of nitrogens with zero attached hydrogens (tertiary/aromatic N) is 4. The van der Waals surface area contributed by atoms with Gasteiger partial charge in [0, 0.05) is 20.1 Å². The summed E-state index contributed by atoms with van der Waals surface area (Å²) in [4.78, 5) is 6.53. The first-order chi connectivity index (χ1) is 13.4. The molecule has 0 aliphatic heterocycles. The summed E-state index contributed by atoms with van der Waals surface area (Å²) in [6.07, 6.45) is 2.27. The maximum atomic E-state index is 11.3. The summed E-state index contributed by atoms with van der Waals surface area (Å²) in [5, 5.41) is 16.4. The largest absolute Gasteiger partial charge is 0.368 e. The summed E-state index contributed by atoms with van der Waals surface area (Å²) >= 11 is 0. The van der Waals surface area contributed by atoms with Crippen LogP contribution in [-0.4, -0.2) is 37.2 Å². The number of aromatic nitrogens is 3. The van der Waals surface area contributed by atoms with Gasteiger partial charge in [-0.1, -0.05) is 42.5 Å². The molecule has 146 valence electrons. The third-order valence-electron chi connectivity index (χ3n) is 4.12.